The van der Waals surface area contributed by atoms with Gasteiger partial charge in [-0.05, 0) is 30.2 Å². The van der Waals surface area contributed by atoms with Crippen molar-refractivity contribution in [3.8, 4) is 12.3 Å². The monoisotopic (exact) mass is 391 g/mol. The van der Waals surface area contributed by atoms with Gasteiger partial charge >= 0.3 is 0 Å². The summed E-state index contributed by atoms with van der Waals surface area (Å²) in [7, 11) is 0. The summed E-state index contributed by atoms with van der Waals surface area (Å²) in [6.07, 6.45) is 5.54. The molecule has 1 heterocycles. The molecule has 1 aromatic carbocycles. The average molecular weight is 392 g/mol. The first-order valence-electron chi connectivity index (χ1n) is 7.95. The third-order valence-electron chi connectivity index (χ3n) is 4.13. The van der Waals surface area contributed by atoms with E-state index in [1.807, 2.05) is 34.9 Å². The molecular formula is C18H22BrN3O2. The molecule has 1 aliphatic heterocycles. The molecule has 5 nitrogen and oxygen atoms in total. The summed E-state index contributed by atoms with van der Waals surface area (Å²) >= 11 is 3.44. The zero-order valence-electron chi connectivity index (χ0n) is 13.8. The van der Waals surface area contributed by atoms with Crippen molar-refractivity contribution in [3.63, 3.8) is 0 Å². The summed E-state index contributed by atoms with van der Waals surface area (Å²) in [5.41, 5.74) is 2.17. The summed E-state index contributed by atoms with van der Waals surface area (Å²) in [6, 6.07) is 5.97. The van der Waals surface area contributed by atoms with Gasteiger partial charge in [-0.3, -0.25) is 14.5 Å². The number of terminal acetylenes is 1. The summed E-state index contributed by atoms with van der Waals surface area (Å²) in [5.74, 6) is 2.45. The normalized spacial score (nSPS) is 15.0. The predicted octanol–water partition coefficient (Wildman–Crippen LogP) is 1.19. The molecule has 0 atom stereocenters. The second kappa shape index (κ2) is 8.86. The maximum absolute atomic E-state index is 12.5. The van der Waals surface area contributed by atoms with Gasteiger partial charge in [0, 0.05) is 30.7 Å². The van der Waals surface area contributed by atoms with Gasteiger partial charge in [-0.1, -0.05) is 27.9 Å². The Kier molecular flexibility index (Phi) is 6.83. The molecular weight excluding hydrogens is 370 g/mol. The van der Waals surface area contributed by atoms with Crippen molar-refractivity contribution < 1.29 is 9.59 Å². The van der Waals surface area contributed by atoms with Crippen LogP contribution in [0.2, 0.25) is 0 Å². The Morgan fingerprint density at radius 2 is 2.00 bits per heavy atom. The lowest BCUT2D eigenvalue weighted by atomic mass is 10.1. The van der Waals surface area contributed by atoms with Gasteiger partial charge in [0.1, 0.15) is 0 Å². The molecule has 1 N–H and O–H groups in total. The van der Waals surface area contributed by atoms with Crippen molar-refractivity contribution in [3.05, 3.63) is 33.8 Å². The second-order valence-electron chi connectivity index (χ2n) is 5.89. The van der Waals surface area contributed by atoms with Crippen molar-refractivity contribution in [2.24, 2.45) is 0 Å². The van der Waals surface area contributed by atoms with Gasteiger partial charge in [-0.15, -0.1) is 6.42 Å². The molecule has 1 aromatic rings. The maximum atomic E-state index is 12.5. The number of hydrogen-bond acceptors (Lipinski definition) is 3. The fourth-order valence-corrected chi connectivity index (χ4v) is 3.17. The van der Waals surface area contributed by atoms with Crippen molar-refractivity contribution in [2.45, 2.75) is 13.3 Å². The highest BCUT2D eigenvalue weighted by Gasteiger charge is 2.22. The standard InChI is InChI=1S/C18H22BrN3O2/c1-3-6-20-17(23)13-21-7-9-22(10-8-21)18(24)12-15-4-5-16(19)11-14(15)2/h1,4-5,11H,6-10,12-13H2,2H3,(H,20,23). The number of nitrogens with zero attached hydrogens (tertiary/aromatic N) is 2. The van der Waals surface area contributed by atoms with E-state index in [1.54, 1.807) is 0 Å². The van der Waals surface area contributed by atoms with Crippen molar-refractivity contribution in [1.29, 1.82) is 0 Å². The molecule has 0 aromatic heterocycles. The van der Waals surface area contributed by atoms with E-state index in [1.165, 1.54) is 0 Å². The lowest BCUT2D eigenvalue weighted by Gasteiger charge is -2.34. The van der Waals surface area contributed by atoms with Crippen LogP contribution in [0, 0.1) is 19.3 Å². The van der Waals surface area contributed by atoms with E-state index in [0.29, 0.717) is 39.1 Å². The van der Waals surface area contributed by atoms with Crippen LogP contribution in [0.5, 0.6) is 0 Å². The number of nitrogens with one attached hydrogen (secondary N) is 1. The van der Waals surface area contributed by atoms with Crippen LogP contribution >= 0.6 is 15.9 Å². The lowest BCUT2D eigenvalue weighted by Crippen LogP contribution is -2.51. The fraction of sp³-hybridized carbons (Fsp3) is 0.444. The fourth-order valence-electron chi connectivity index (χ4n) is 2.70. The van der Waals surface area contributed by atoms with Crippen LogP contribution < -0.4 is 5.32 Å². The van der Waals surface area contributed by atoms with Crippen LogP contribution in [0.25, 0.3) is 0 Å². The first kappa shape index (κ1) is 18.5. The zero-order chi connectivity index (χ0) is 17.5. The molecule has 2 amide bonds. The Hall–Kier alpha value is -1.84. The van der Waals surface area contributed by atoms with Gasteiger partial charge in [-0.2, -0.15) is 0 Å². The summed E-state index contributed by atoms with van der Waals surface area (Å²) in [5, 5.41) is 2.66. The minimum Gasteiger partial charge on any atom is -0.344 e. The number of rotatable bonds is 5. The Morgan fingerprint density at radius 1 is 1.29 bits per heavy atom. The maximum Gasteiger partial charge on any atom is 0.234 e. The van der Waals surface area contributed by atoms with Crippen LogP contribution in [0.3, 0.4) is 0 Å². The van der Waals surface area contributed by atoms with E-state index in [9.17, 15) is 9.59 Å². The van der Waals surface area contributed by atoms with E-state index in [2.05, 4.69) is 27.2 Å². The minimum absolute atomic E-state index is 0.0711. The number of carbonyl (C=O) groups is 2. The highest BCUT2D eigenvalue weighted by atomic mass is 79.9. The molecule has 0 unspecified atom stereocenters. The quantitative estimate of drug-likeness (QED) is 0.767. The topological polar surface area (TPSA) is 52.7 Å². The summed E-state index contributed by atoms with van der Waals surface area (Å²) < 4.78 is 1.02. The Morgan fingerprint density at radius 3 is 2.62 bits per heavy atom. The molecule has 1 aliphatic rings. The summed E-state index contributed by atoms with van der Waals surface area (Å²) in [6.45, 7) is 5.30. The Bertz CT molecular complexity index is 646. The Balaban J connectivity index is 1.80. The SMILES string of the molecule is C#CCNC(=O)CN1CCN(C(=O)Cc2ccc(Br)cc2C)CC1. The van der Waals surface area contributed by atoms with Crippen LogP contribution in [-0.4, -0.2) is 60.9 Å². The molecule has 1 saturated heterocycles. The molecule has 6 heteroatoms. The molecule has 0 radical (unpaired) electrons. The van der Waals surface area contributed by atoms with Gasteiger partial charge in [0.15, 0.2) is 0 Å². The third kappa shape index (κ3) is 5.36. The number of halogens is 1. The molecule has 0 saturated carbocycles. The third-order valence-corrected chi connectivity index (χ3v) is 4.62. The van der Waals surface area contributed by atoms with Crippen molar-refractivity contribution in [1.82, 2.24) is 15.1 Å². The van der Waals surface area contributed by atoms with Crippen molar-refractivity contribution >= 4 is 27.7 Å². The number of aryl methyl sites for hydroxylation is 1. The molecule has 1 fully saturated rings. The Labute approximate surface area is 151 Å². The van der Waals surface area contributed by atoms with E-state index in [4.69, 9.17) is 6.42 Å². The second-order valence-corrected chi connectivity index (χ2v) is 6.80. The minimum atomic E-state index is -0.0711. The first-order chi connectivity index (χ1) is 11.5. The predicted molar refractivity (Wildman–Crippen MR) is 97.4 cm³/mol. The number of benzene rings is 1. The molecule has 0 spiro atoms. The van der Waals surface area contributed by atoms with E-state index in [0.717, 1.165) is 15.6 Å². The first-order valence-corrected chi connectivity index (χ1v) is 8.74. The van der Waals surface area contributed by atoms with Crippen LogP contribution in [0.15, 0.2) is 22.7 Å². The van der Waals surface area contributed by atoms with Crippen LogP contribution in [0.1, 0.15) is 11.1 Å². The highest BCUT2D eigenvalue weighted by molar-refractivity contribution is 9.10. The van der Waals surface area contributed by atoms with Gasteiger partial charge in [0.2, 0.25) is 11.8 Å². The number of carbonyl (C=O) groups excluding carboxylic acids is 2. The smallest absolute Gasteiger partial charge is 0.234 e. The van der Waals surface area contributed by atoms with Gasteiger partial charge in [0.25, 0.3) is 0 Å². The molecule has 128 valence electrons. The van der Waals surface area contributed by atoms with Crippen LogP contribution in [0.4, 0.5) is 0 Å². The molecule has 24 heavy (non-hydrogen) atoms. The number of amides is 2. The van der Waals surface area contributed by atoms with Gasteiger partial charge in [0.05, 0.1) is 19.5 Å². The van der Waals surface area contributed by atoms with Gasteiger partial charge in [-0.25, -0.2) is 0 Å². The van der Waals surface area contributed by atoms with Crippen molar-refractivity contribution in [2.75, 3.05) is 39.3 Å². The highest BCUT2D eigenvalue weighted by Crippen LogP contribution is 2.17. The van der Waals surface area contributed by atoms with E-state index >= 15 is 0 Å². The molecule has 2 rings (SSSR count). The zero-order valence-corrected chi connectivity index (χ0v) is 15.4. The van der Waals surface area contributed by atoms with E-state index in [-0.39, 0.29) is 18.4 Å². The largest absolute Gasteiger partial charge is 0.344 e. The number of piperazine rings is 1. The van der Waals surface area contributed by atoms with E-state index < -0.39 is 0 Å². The van der Waals surface area contributed by atoms with Gasteiger partial charge < -0.3 is 10.2 Å². The molecule has 0 aliphatic carbocycles. The van der Waals surface area contributed by atoms with Crippen LogP contribution in [-0.2, 0) is 16.0 Å². The lowest BCUT2D eigenvalue weighted by molar-refractivity contribution is -0.132. The molecule has 0 bridgehead atoms. The average Bonchev–Trinajstić information content (AvgIpc) is 2.56. The summed E-state index contributed by atoms with van der Waals surface area (Å²) in [4.78, 5) is 28.0. The number of hydrogen-bond donors (Lipinski definition) is 1.